The molecule has 1 aliphatic rings. The summed E-state index contributed by atoms with van der Waals surface area (Å²) in [6, 6.07) is 0. The Balaban J connectivity index is 2.45. The Bertz CT molecular complexity index is 231. The summed E-state index contributed by atoms with van der Waals surface area (Å²) in [5, 5.41) is 0. The van der Waals surface area contributed by atoms with E-state index in [1.54, 1.807) is 0 Å². The van der Waals surface area contributed by atoms with E-state index in [0.717, 1.165) is 13.0 Å². The molecule has 0 bridgehead atoms. The number of hydrogen-bond acceptors (Lipinski definition) is 1. The first-order valence-electron chi connectivity index (χ1n) is 8.51. The zero-order valence-corrected chi connectivity index (χ0v) is 13.4. The van der Waals surface area contributed by atoms with Crippen LogP contribution in [0.3, 0.4) is 0 Å². The van der Waals surface area contributed by atoms with Gasteiger partial charge in [0.25, 0.3) is 0 Å². The van der Waals surface area contributed by atoms with Gasteiger partial charge in [-0.25, -0.2) is 4.39 Å². The largest absolute Gasteiger partial charge is 0.295 e. The highest BCUT2D eigenvalue weighted by Gasteiger charge is 2.35. The number of rotatable bonds is 10. The second-order valence-corrected chi connectivity index (χ2v) is 6.60. The lowest BCUT2D eigenvalue weighted by Crippen LogP contribution is -2.45. The third-order valence-corrected chi connectivity index (χ3v) is 4.78. The van der Waals surface area contributed by atoms with Gasteiger partial charge in [-0.1, -0.05) is 58.8 Å². The van der Waals surface area contributed by atoms with Crippen LogP contribution in [0, 0.1) is 0 Å². The summed E-state index contributed by atoms with van der Waals surface area (Å²) in [4.78, 5) is 2.44. The smallest absolute Gasteiger partial charge is 0.114 e. The molecule has 0 N–H and O–H groups in total. The van der Waals surface area contributed by atoms with E-state index in [1.807, 2.05) is 0 Å². The molecule has 0 amide bonds. The van der Waals surface area contributed by atoms with Crippen LogP contribution in [0.15, 0.2) is 0 Å². The van der Waals surface area contributed by atoms with Gasteiger partial charge in [0.1, 0.15) is 6.17 Å². The Morgan fingerprint density at radius 1 is 1.00 bits per heavy atom. The fraction of sp³-hybridized carbons (Fsp3) is 1.00. The van der Waals surface area contributed by atoms with Crippen LogP contribution in [0.2, 0.25) is 0 Å². The Kier molecular flexibility index (Phi) is 7.97. The van der Waals surface area contributed by atoms with Crippen molar-refractivity contribution in [3.05, 3.63) is 0 Å². The minimum Gasteiger partial charge on any atom is -0.295 e. The second kappa shape index (κ2) is 8.94. The van der Waals surface area contributed by atoms with E-state index in [9.17, 15) is 4.39 Å². The standard InChI is InChI=1S/C17H34FN/c1-4-6-8-10-13-17(3,12-9-7-5-2)19-14-11-16(18)15-19/h16H,4-15H2,1-3H3. The van der Waals surface area contributed by atoms with E-state index in [2.05, 4.69) is 25.7 Å². The molecule has 0 aromatic heterocycles. The normalized spacial score (nSPS) is 23.7. The Morgan fingerprint density at radius 2 is 1.58 bits per heavy atom. The second-order valence-electron chi connectivity index (χ2n) is 6.60. The molecule has 0 saturated carbocycles. The number of halogens is 1. The van der Waals surface area contributed by atoms with Crippen LogP contribution in [0.1, 0.15) is 85.0 Å². The van der Waals surface area contributed by atoms with Gasteiger partial charge in [-0.05, 0) is 26.2 Å². The molecule has 2 unspecified atom stereocenters. The van der Waals surface area contributed by atoms with E-state index in [1.165, 1.54) is 57.8 Å². The van der Waals surface area contributed by atoms with Crippen molar-refractivity contribution < 1.29 is 4.39 Å². The summed E-state index contributed by atoms with van der Waals surface area (Å²) >= 11 is 0. The lowest BCUT2D eigenvalue weighted by molar-refractivity contribution is 0.0993. The molecule has 1 saturated heterocycles. The molecule has 1 heterocycles. The zero-order chi connectivity index (χ0) is 14.1. The van der Waals surface area contributed by atoms with Crippen molar-refractivity contribution in [2.24, 2.45) is 0 Å². The molecule has 0 radical (unpaired) electrons. The third-order valence-electron chi connectivity index (χ3n) is 4.78. The fourth-order valence-electron chi connectivity index (χ4n) is 3.34. The van der Waals surface area contributed by atoms with Gasteiger partial charge in [0.15, 0.2) is 0 Å². The fourth-order valence-corrected chi connectivity index (χ4v) is 3.34. The molecule has 1 nitrogen and oxygen atoms in total. The molecule has 2 heteroatoms. The molecule has 2 atom stereocenters. The maximum Gasteiger partial charge on any atom is 0.114 e. The van der Waals surface area contributed by atoms with Crippen molar-refractivity contribution in [2.45, 2.75) is 96.7 Å². The van der Waals surface area contributed by atoms with Crippen molar-refractivity contribution in [1.29, 1.82) is 0 Å². The molecule has 0 aromatic rings. The number of nitrogens with zero attached hydrogens (tertiary/aromatic N) is 1. The van der Waals surface area contributed by atoms with Crippen molar-refractivity contribution in [2.75, 3.05) is 13.1 Å². The Morgan fingerprint density at radius 3 is 2.11 bits per heavy atom. The van der Waals surface area contributed by atoms with Crippen molar-refractivity contribution in [3.8, 4) is 0 Å². The minimum absolute atomic E-state index is 0.254. The van der Waals surface area contributed by atoms with Crippen molar-refractivity contribution in [3.63, 3.8) is 0 Å². The summed E-state index contributed by atoms with van der Waals surface area (Å²) in [7, 11) is 0. The Labute approximate surface area is 119 Å². The molecule has 1 fully saturated rings. The van der Waals surface area contributed by atoms with Gasteiger partial charge in [-0.3, -0.25) is 4.90 Å². The monoisotopic (exact) mass is 271 g/mol. The van der Waals surface area contributed by atoms with Crippen LogP contribution < -0.4 is 0 Å². The molecule has 0 aromatic carbocycles. The third kappa shape index (κ3) is 5.81. The van der Waals surface area contributed by atoms with Crippen molar-refractivity contribution >= 4 is 0 Å². The van der Waals surface area contributed by atoms with E-state index in [0.29, 0.717) is 6.54 Å². The van der Waals surface area contributed by atoms with Gasteiger partial charge < -0.3 is 0 Å². The minimum atomic E-state index is -0.582. The number of alkyl halides is 1. The average Bonchev–Trinajstić information content (AvgIpc) is 2.82. The SMILES string of the molecule is CCCCCCC(C)(CCCCC)N1CCC(F)C1. The van der Waals surface area contributed by atoms with Gasteiger partial charge in [-0.15, -0.1) is 0 Å². The first-order valence-corrected chi connectivity index (χ1v) is 8.51. The van der Waals surface area contributed by atoms with Crippen molar-refractivity contribution in [1.82, 2.24) is 4.90 Å². The summed E-state index contributed by atoms with van der Waals surface area (Å²) in [6.45, 7) is 8.54. The highest BCUT2D eigenvalue weighted by molar-refractivity contribution is 4.91. The molecule has 0 aliphatic carbocycles. The predicted octanol–water partition coefficient (Wildman–Crippen LogP) is 5.34. The maximum atomic E-state index is 13.5. The molecular formula is C17H34FN. The molecule has 114 valence electrons. The summed E-state index contributed by atoms with van der Waals surface area (Å²) in [5.41, 5.74) is 0.254. The van der Waals surface area contributed by atoms with Gasteiger partial charge in [-0.2, -0.15) is 0 Å². The van der Waals surface area contributed by atoms with Crippen LogP contribution in [0.25, 0.3) is 0 Å². The van der Waals surface area contributed by atoms with E-state index in [4.69, 9.17) is 0 Å². The van der Waals surface area contributed by atoms with Crippen LogP contribution in [-0.4, -0.2) is 29.7 Å². The van der Waals surface area contributed by atoms with Crippen LogP contribution in [0.4, 0.5) is 4.39 Å². The molecule has 1 rings (SSSR count). The van der Waals surface area contributed by atoms with Gasteiger partial charge in [0, 0.05) is 18.6 Å². The van der Waals surface area contributed by atoms with Gasteiger partial charge >= 0.3 is 0 Å². The maximum absolute atomic E-state index is 13.5. The van der Waals surface area contributed by atoms with Gasteiger partial charge in [0.2, 0.25) is 0 Å². The first kappa shape index (κ1) is 16.9. The van der Waals surface area contributed by atoms with Crippen LogP contribution in [-0.2, 0) is 0 Å². The summed E-state index contributed by atoms with van der Waals surface area (Å²) < 4.78 is 13.5. The number of unbranched alkanes of at least 4 members (excludes halogenated alkanes) is 5. The quantitative estimate of drug-likeness (QED) is 0.485. The van der Waals surface area contributed by atoms with Crippen LogP contribution in [0.5, 0.6) is 0 Å². The highest BCUT2D eigenvalue weighted by Crippen LogP contribution is 2.32. The van der Waals surface area contributed by atoms with E-state index >= 15 is 0 Å². The van der Waals surface area contributed by atoms with Crippen LogP contribution >= 0.6 is 0 Å². The topological polar surface area (TPSA) is 3.24 Å². The average molecular weight is 271 g/mol. The predicted molar refractivity (Wildman–Crippen MR) is 82.4 cm³/mol. The summed E-state index contributed by atoms with van der Waals surface area (Å²) in [5.74, 6) is 0. The lowest BCUT2D eigenvalue weighted by atomic mass is 9.86. The molecule has 0 spiro atoms. The van der Waals surface area contributed by atoms with E-state index in [-0.39, 0.29) is 5.54 Å². The number of likely N-dealkylation sites (tertiary alicyclic amines) is 1. The Hall–Kier alpha value is -0.110. The molecular weight excluding hydrogens is 237 g/mol. The highest BCUT2D eigenvalue weighted by atomic mass is 19.1. The lowest BCUT2D eigenvalue weighted by Gasteiger charge is -2.39. The van der Waals surface area contributed by atoms with Gasteiger partial charge in [0.05, 0.1) is 0 Å². The zero-order valence-electron chi connectivity index (χ0n) is 13.4. The number of hydrogen-bond donors (Lipinski definition) is 0. The van der Waals surface area contributed by atoms with E-state index < -0.39 is 6.17 Å². The molecule has 1 aliphatic heterocycles. The summed E-state index contributed by atoms with van der Waals surface area (Å²) in [6.07, 6.45) is 11.8. The molecule has 19 heavy (non-hydrogen) atoms. The first-order chi connectivity index (χ1) is 9.12.